The molecule has 0 aliphatic carbocycles. The van der Waals surface area contributed by atoms with Gasteiger partial charge in [0.1, 0.15) is 11.5 Å². The number of benzene rings is 1. The van der Waals surface area contributed by atoms with Crippen molar-refractivity contribution in [3.8, 4) is 0 Å². The number of hydrogen-bond donors (Lipinski definition) is 2. The molecule has 2 N–H and O–H groups in total. The molecule has 0 atom stereocenters. The maximum Gasteiger partial charge on any atom is 0.274 e. The molecule has 1 heterocycles. The molecule has 0 saturated heterocycles. The maximum absolute atomic E-state index is 13.1. The van der Waals surface area contributed by atoms with Gasteiger partial charge in [-0.25, -0.2) is 4.39 Å². The molecule has 2 amide bonds. The fourth-order valence-corrected chi connectivity index (χ4v) is 2.17. The summed E-state index contributed by atoms with van der Waals surface area (Å²) in [6, 6.07) is 6.71. The quantitative estimate of drug-likeness (QED) is 0.739. The highest BCUT2D eigenvalue weighted by atomic mass is 35.5. The van der Waals surface area contributed by atoms with Crippen molar-refractivity contribution in [1.29, 1.82) is 0 Å². The summed E-state index contributed by atoms with van der Waals surface area (Å²) < 4.78 is 18.0. The Balaban J connectivity index is 2.03. The Morgan fingerprint density at radius 3 is 2.76 bits per heavy atom. The zero-order chi connectivity index (χ0) is 18.2. The third-order valence-corrected chi connectivity index (χ3v) is 3.53. The van der Waals surface area contributed by atoms with Crippen LogP contribution in [-0.2, 0) is 4.74 Å². The number of nitrogens with one attached hydrogen (secondary N) is 2. The molecule has 132 valence electrons. The van der Waals surface area contributed by atoms with E-state index in [1.807, 2.05) is 0 Å². The van der Waals surface area contributed by atoms with Gasteiger partial charge in [-0.15, -0.1) is 0 Å². The number of ether oxygens (including phenoxy) is 1. The summed E-state index contributed by atoms with van der Waals surface area (Å²) >= 11 is 5.68. The van der Waals surface area contributed by atoms with Crippen LogP contribution in [0.25, 0.3) is 0 Å². The number of carbonyl (C=O) groups is 2. The largest absolute Gasteiger partial charge is 0.385 e. The molecule has 1 aromatic carbocycles. The van der Waals surface area contributed by atoms with Crippen LogP contribution < -0.4 is 10.6 Å². The van der Waals surface area contributed by atoms with Gasteiger partial charge >= 0.3 is 0 Å². The molecule has 0 bridgehead atoms. The lowest BCUT2D eigenvalue weighted by Gasteiger charge is -2.08. The molecular formula is C17H17ClFN3O3. The lowest BCUT2D eigenvalue weighted by molar-refractivity contribution is 0.0948. The number of pyridine rings is 1. The third-order valence-electron chi connectivity index (χ3n) is 3.24. The average molecular weight is 366 g/mol. The zero-order valence-corrected chi connectivity index (χ0v) is 14.3. The fraction of sp³-hybridized carbons (Fsp3) is 0.235. The summed E-state index contributed by atoms with van der Waals surface area (Å²) in [7, 11) is 1.59. The standard InChI is InChI=1S/C17H17ClFN3O3/c1-25-8-2-6-21-16(23)11-5-7-20-15(9-11)17(24)22-12-3-4-14(19)13(18)10-12/h3-5,7,9-10H,2,6,8H2,1H3,(H,21,23)(H,22,24). The van der Waals surface area contributed by atoms with Crippen molar-refractivity contribution in [3.05, 3.63) is 58.6 Å². The second kappa shape index (κ2) is 9.10. The maximum atomic E-state index is 13.1. The van der Waals surface area contributed by atoms with Crippen LogP contribution in [0, 0.1) is 5.82 Å². The molecule has 1 aromatic heterocycles. The second-order valence-corrected chi connectivity index (χ2v) is 5.52. The van der Waals surface area contributed by atoms with E-state index < -0.39 is 11.7 Å². The van der Waals surface area contributed by atoms with E-state index in [-0.39, 0.29) is 16.6 Å². The number of nitrogens with zero attached hydrogens (tertiary/aromatic N) is 1. The molecule has 0 radical (unpaired) electrons. The van der Waals surface area contributed by atoms with E-state index in [0.717, 1.165) is 6.07 Å². The van der Waals surface area contributed by atoms with Crippen LogP contribution in [0.4, 0.5) is 10.1 Å². The van der Waals surface area contributed by atoms with Crippen LogP contribution in [0.15, 0.2) is 36.5 Å². The predicted molar refractivity (Wildman–Crippen MR) is 92.4 cm³/mol. The van der Waals surface area contributed by atoms with Crippen LogP contribution in [0.3, 0.4) is 0 Å². The monoisotopic (exact) mass is 365 g/mol. The highest BCUT2D eigenvalue weighted by molar-refractivity contribution is 6.31. The first-order valence-corrected chi connectivity index (χ1v) is 7.88. The van der Waals surface area contributed by atoms with Gasteiger partial charge in [0.15, 0.2) is 0 Å². The number of hydrogen-bond acceptors (Lipinski definition) is 4. The van der Waals surface area contributed by atoms with Gasteiger partial charge < -0.3 is 15.4 Å². The summed E-state index contributed by atoms with van der Waals surface area (Å²) in [5, 5.41) is 5.18. The van der Waals surface area contributed by atoms with E-state index in [0.29, 0.717) is 30.8 Å². The molecule has 0 spiro atoms. The van der Waals surface area contributed by atoms with E-state index >= 15 is 0 Å². The van der Waals surface area contributed by atoms with E-state index in [1.165, 1.54) is 30.5 Å². The molecule has 0 fully saturated rings. The summed E-state index contributed by atoms with van der Waals surface area (Å²) in [4.78, 5) is 28.2. The number of rotatable bonds is 7. The van der Waals surface area contributed by atoms with Crippen LogP contribution in [0.1, 0.15) is 27.3 Å². The predicted octanol–water partition coefficient (Wildman–Crippen LogP) is 2.89. The summed E-state index contributed by atoms with van der Waals surface area (Å²) in [5.74, 6) is -1.42. The Hall–Kier alpha value is -2.51. The van der Waals surface area contributed by atoms with E-state index in [1.54, 1.807) is 7.11 Å². The lowest BCUT2D eigenvalue weighted by Crippen LogP contribution is -2.25. The second-order valence-electron chi connectivity index (χ2n) is 5.12. The molecule has 8 heteroatoms. The zero-order valence-electron chi connectivity index (χ0n) is 13.5. The first-order valence-electron chi connectivity index (χ1n) is 7.51. The van der Waals surface area contributed by atoms with Crippen LogP contribution in [-0.4, -0.2) is 37.1 Å². The molecular weight excluding hydrogens is 349 g/mol. The van der Waals surface area contributed by atoms with Gasteiger partial charge in [0, 0.05) is 37.7 Å². The lowest BCUT2D eigenvalue weighted by atomic mass is 10.2. The number of halogens is 2. The Morgan fingerprint density at radius 1 is 1.24 bits per heavy atom. The van der Waals surface area contributed by atoms with E-state index in [2.05, 4.69) is 15.6 Å². The van der Waals surface area contributed by atoms with Crippen LogP contribution in [0.2, 0.25) is 5.02 Å². The number of anilines is 1. The molecule has 2 rings (SSSR count). The molecule has 2 aromatic rings. The van der Waals surface area contributed by atoms with Crippen molar-refractivity contribution < 1.29 is 18.7 Å². The Morgan fingerprint density at radius 2 is 2.04 bits per heavy atom. The van der Waals surface area contributed by atoms with Crippen molar-refractivity contribution in [3.63, 3.8) is 0 Å². The first kappa shape index (κ1) is 18.8. The van der Waals surface area contributed by atoms with E-state index in [9.17, 15) is 14.0 Å². The summed E-state index contributed by atoms with van der Waals surface area (Å²) in [6.45, 7) is 1.01. The minimum absolute atomic E-state index is 0.0602. The van der Waals surface area contributed by atoms with Gasteiger partial charge in [0.2, 0.25) is 0 Å². The van der Waals surface area contributed by atoms with Crippen molar-refractivity contribution in [2.45, 2.75) is 6.42 Å². The van der Waals surface area contributed by atoms with Crippen molar-refractivity contribution in [1.82, 2.24) is 10.3 Å². The Bertz CT molecular complexity index is 771. The third kappa shape index (κ3) is 5.51. The molecule has 0 unspecified atom stereocenters. The fourth-order valence-electron chi connectivity index (χ4n) is 1.99. The Kier molecular flexibility index (Phi) is 6.85. The number of amides is 2. The topological polar surface area (TPSA) is 80.3 Å². The first-order chi connectivity index (χ1) is 12.0. The van der Waals surface area contributed by atoms with Gasteiger partial charge in [-0.1, -0.05) is 11.6 Å². The SMILES string of the molecule is COCCCNC(=O)c1ccnc(C(=O)Nc2ccc(F)c(Cl)c2)c1. The molecule has 25 heavy (non-hydrogen) atoms. The smallest absolute Gasteiger partial charge is 0.274 e. The average Bonchev–Trinajstić information content (AvgIpc) is 2.62. The highest BCUT2D eigenvalue weighted by Crippen LogP contribution is 2.19. The normalized spacial score (nSPS) is 10.4. The van der Waals surface area contributed by atoms with Gasteiger partial charge in [-0.2, -0.15) is 0 Å². The van der Waals surface area contributed by atoms with Crippen LogP contribution in [0.5, 0.6) is 0 Å². The van der Waals surface area contributed by atoms with Gasteiger partial charge in [0.05, 0.1) is 5.02 Å². The van der Waals surface area contributed by atoms with E-state index in [4.69, 9.17) is 16.3 Å². The summed E-state index contributed by atoms with van der Waals surface area (Å²) in [5.41, 5.74) is 0.701. The minimum Gasteiger partial charge on any atom is -0.385 e. The summed E-state index contributed by atoms with van der Waals surface area (Å²) in [6.07, 6.45) is 2.06. The number of aromatic nitrogens is 1. The molecule has 0 aliphatic heterocycles. The minimum atomic E-state index is -0.579. The molecule has 6 nitrogen and oxygen atoms in total. The van der Waals surface area contributed by atoms with Gasteiger partial charge in [-0.3, -0.25) is 14.6 Å². The number of methoxy groups -OCH3 is 1. The molecule has 0 saturated carbocycles. The highest BCUT2D eigenvalue weighted by Gasteiger charge is 2.12. The van der Waals surface area contributed by atoms with Crippen molar-refractivity contribution in [2.24, 2.45) is 0 Å². The van der Waals surface area contributed by atoms with Crippen molar-refractivity contribution in [2.75, 3.05) is 25.6 Å². The van der Waals surface area contributed by atoms with Crippen molar-refractivity contribution >= 4 is 29.1 Å². The van der Waals surface area contributed by atoms with Crippen LogP contribution >= 0.6 is 11.6 Å². The van der Waals surface area contributed by atoms with Gasteiger partial charge in [0.25, 0.3) is 11.8 Å². The molecule has 0 aliphatic rings. The Labute approximate surface area is 149 Å². The van der Waals surface area contributed by atoms with Gasteiger partial charge in [-0.05, 0) is 36.8 Å². The number of carbonyl (C=O) groups excluding carboxylic acids is 2.